The second-order valence-electron chi connectivity index (χ2n) is 2.63. The van der Waals surface area contributed by atoms with Crippen molar-refractivity contribution in [3.05, 3.63) is 24.5 Å². The van der Waals surface area contributed by atoms with Gasteiger partial charge in [-0.25, -0.2) is 0 Å². The molecule has 1 aromatic heterocycles. The van der Waals surface area contributed by atoms with Crippen LogP contribution in [0.25, 0.3) is 0 Å². The van der Waals surface area contributed by atoms with E-state index in [1.807, 2.05) is 24.5 Å². The van der Waals surface area contributed by atoms with Crippen molar-refractivity contribution in [1.29, 1.82) is 0 Å². The van der Waals surface area contributed by atoms with Crippen LogP contribution in [0.5, 0.6) is 0 Å². The summed E-state index contributed by atoms with van der Waals surface area (Å²) in [5.41, 5.74) is 0. The maximum atomic E-state index is 4.18. The second kappa shape index (κ2) is 2.93. The summed E-state index contributed by atoms with van der Waals surface area (Å²) in [7, 11) is 1.54. The van der Waals surface area contributed by atoms with Crippen LogP contribution in [-0.4, -0.2) is 4.57 Å². The SMILES string of the molecule is CC(C)(SS)n1cccc1. The van der Waals surface area contributed by atoms with Gasteiger partial charge in [0.2, 0.25) is 0 Å². The third-order valence-corrected chi connectivity index (χ3v) is 3.45. The minimum atomic E-state index is 0.0621. The summed E-state index contributed by atoms with van der Waals surface area (Å²) in [6.45, 7) is 4.26. The first-order valence-corrected chi connectivity index (χ1v) is 5.00. The summed E-state index contributed by atoms with van der Waals surface area (Å²) < 4.78 is 2.13. The Bertz CT molecular complexity index is 191. The van der Waals surface area contributed by atoms with Crippen molar-refractivity contribution < 1.29 is 0 Å². The Kier molecular flexibility index (Phi) is 2.36. The molecular weight excluding hydrogens is 162 g/mol. The molecule has 0 aliphatic rings. The smallest absolute Gasteiger partial charge is 0.0939 e. The van der Waals surface area contributed by atoms with Gasteiger partial charge in [0, 0.05) is 12.4 Å². The number of nitrogens with zero attached hydrogens (tertiary/aromatic N) is 1. The van der Waals surface area contributed by atoms with E-state index >= 15 is 0 Å². The summed E-state index contributed by atoms with van der Waals surface area (Å²) >= 11 is 4.18. The minimum Gasteiger partial charge on any atom is -0.339 e. The van der Waals surface area contributed by atoms with Gasteiger partial charge in [-0.3, -0.25) is 0 Å². The molecule has 1 rings (SSSR count). The largest absolute Gasteiger partial charge is 0.339 e. The summed E-state index contributed by atoms with van der Waals surface area (Å²) in [5.74, 6) is 0. The fourth-order valence-electron chi connectivity index (χ4n) is 0.741. The van der Waals surface area contributed by atoms with E-state index in [1.54, 1.807) is 10.8 Å². The standard InChI is InChI=1S/C7H11NS2/c1-7(2,10-9)8-5-3-4-6-8/h3-6,9H,1-2H3. The quantitative estimate of drug-likeness (QED) is 0.532. The van der Waals surface area contributed by atoms with Crippen LogP contribution in [0.15, 0.2) is 24.5 Å². The van der Waals surface area contributed by atoms with Crippen LogP contribution in [-0.2, 0) is 4.87 Å². The zero-order valence-corrected chi connectivity index (χ0v) is 7.82. The molecule has 56 valence electrons. The second-order valence-corrected chi connectivity index (χ2v) is 4.36. The molecule has 0 aromatic carbocycles. The fraction of sp³-hybridized carbons (Fsp3) is 0.429. The highest BCUT2D eigenvalue weighted by molar-refractivity contribution is 8.68. The van der Waals surface area contributed by atoms with Crippen molar-refractivity contribution in [1.82, 2.24) is 4.57 Å². The molecule has 1 nitrogen and oxygen atoms in total. The zero-order chi connectivity index (χ0) is 7.61. The third kappa shape index (κ3) is 1.52. The van der Waals surface area contributed by atoms with Crippen molar-refractivity contribution >= 4 is 22.5 Å². The molecular formula is C7H11NS2. The zero-order valence-electron chi connectivity index (χ0n) is 6.11. The molecule has 0 atom stereocenters. The van der Waals surface area contributed by atoms with Crippen LogP contribution < -0.4 is 0 Å². The van der Waals surface area contributed by atoms with E-state index in [0.717, 1.165) is 0 Å². The van der Waals surface area contributed by atoms with E-state index in [1.165, 1.54) is 0 Å². The number of thiol groups is 1. The minimum absolute atomic E-state index is 0.0621. The molecule has 0 aliphatic carbocycles. The van der Waals surface area contributed by atoms with Crippen molar-refractivity contribution in [3.8, 4) is 0 Å². The van der Waals surface area contributed by atoms with E-state index in [2.05, 4.69) is 30.1 Å². The first-order valence-electron chi connectivity index (χ1n) is 3.13. The normalized spacial score (nSPS) is 11.9. The average Bonchev–Trinajstić information content (AvgIpc) is 2.38. The molecule has 1 aromatic rings. The molecule has 0 saturated heterocycles. The molecule has 0 radical (unpaired) electrons. The van der Waals surface area contributed by atoms with E-state index in [4.69, 9.17) is 0 Å². The Morgan fingerprint density at radius 2 is 1.80 bits per heavy atom. The Labute approximate surface area is 70.6 Å². The van der Waals surface area contributed by atoms with Gasteiger partial charge in [0.1, 0.15) is 0 Å². The fourth-order valence-corrected chi connectivity index (χ4v) is 1.24. The molecule has 0 spiro atoms. The predicted octanol–water partition coefficient (Wildman–Crippen LogP) is 2.76. The highest BCUT2D eigenvalue weighted by atomic mass is 33.1. The highest BCUT2D eigenvalue weighted by Crippen LogP contribution is 2.32. The molecule has 10 heavy (non-hydrogen) atoms. The molecule has 0 aliphatic heterocycles. The molecule has 0 unspecified atom stereocenters. The molecule has 0 bridgehead atoms. The average molecular weight is 173 g/mol. The van der Waals surface area contributed by atoms with Crippen molar-refractivity contribution in [2.45, 2.75) is 18.7 Å². The summed E-state index contributed by atoms with van der Waals surface area (Å²) in [6.07, 6.45) is 4.09. The Morgan fingerprint density at radius 3 is 2.20 bits per heavy atom. The Balaban J connectivity index is 2.85. The van der Waals surface area contributed by atoms with Crippen LogP contribution in [0, 0.1) is 0 Å². The summed E-state index contributed by atoms with van der Waals surface area (Å²) in [4.78, 5) is 0.0621. The highest BCUT2D eigenvalue weighted by Gasteiger charge is 2.16. The molecule has 1 heterocycles. The van der Waals surface area contributed by atoms with Crippen molar-refractivity contribution in [2.75, 3.05) is 0 Å². The number of aromatic nitrogens is 1. The summed E-state index contributed by atoms with van der Waals surface area (Å²) in [6, 6.07) is 4.04. The van der Waals surface area contributed by atoms with Gasteiger partial charge in [-0.2, -0.15) is 0 Å². The van der Waals surface area contributed by atoms with Crippen molar-refractivity contribution in [2.24, 2.45) is 0 Å². The lowest BCUT2D eigenvalue weighted by atomic mass is 10.4. The van der Waals surface area contributed by atoms with Gasteiger partial charge in [0.25, 0.3) is 0 Å². The maximum Gasteiger partial charge on any atom is 0.0939 e. The molecule has 3 heteroatoms. The van der Waals surface area contributed by atoms with E-state index < -0.39 is 0 Å². The Hall–Kier alpha value is -0.0200. The van der Waals surface area contributed by atoms with Crippen molar-refractivity contribution in [3.63, 3.8) is 0 Å². The number of rotatable bonds is 2. The monoisotopic (exact) mass is 173 g/mol. The van der Waals surface area contributed by atoms with Gasteiger partial charge in [-0.15, -0.1) is 11.7 Å². The maximum absolute atomic E-state index is 4.18. The van der Waals surface area contributed by atoms with Crippen LogP contribution in [0.2, 0.25) is 0 Å². The van der Waals surface area contributed by atoms with E-state index in [-0.39, 0.29) is 4.87 Å². The van der Waals surface area contributed by atoms with E-state index in [0.29, 0.717) is 0 Å². The number of hydrogen-bond acceptors (Lipinski definition) is 2. The van der Waals surface area contributed by atoms with Crippen LogP contribution in [0.1, 0.15) is 13.8 Å². The lowest BCUT2D eigenvalue weighted by Gasteiger charge is -2.23. The van der Waals surface area contributed by atoms with Crippen LogP contribution in [0.3, 0.4) is 0 Å². The van der Waals surface area contributed by atoms with Gasteiger partial charge in [0.15, 0.2) is 0 Å². The molecule has 0 saturated carbocycles. The molecule has 0 fully saturated rings. The lowest BCUT2D eigenvalue weighted by Crippen LogP contribution is -2.18. The molecule has 0 amide bonds. The number of hydrogen-bond donors (Lipinski definition) is 1. The van der Waals surface area contributed by atoms with Gasteiger partial charge in [-0.1, -0.05) is 10.8 Å². The lowest BCUT2D eigenvalue weighted by molar-refractivity contribution is 0.544. The summed E-state index contributed by atoms with van der Waals surface area (Å²) in [5, 5.41) is 0. The third-order valence-electron chi connectivity index (χ3n) is 1.45. The van der Waals surface area contributed by atoms with Gasteiger partial charge < -0.3 is 4.57 Å². The predicted molar refractivity (Wildman–Crippen MR) is 50.3 cm³/mol. The van der Waals surface area contributed by atoms with Gasteiger partial charge in [-0.05, 0) is 26.0 Å². The molecule has 0 N–H and O–H groups in total. The van der Waals surface area contributed by atoms with Gasteiger partial charge >= 0.3 is 0 Å². The van der Waals surface area contributed by atoms with Gasteiger partial charge in [0.05, 0.1) is 4.87 Å². The first kappa shape index (κ1) is 8.08. The van der Waals surface area contributed by atoms with Crippen LogP contribution in [0.4, 0.5) is 0 Å². The van der Waals surface area contributed by atoms with Crippen LogP contribution >= 0.6 is 22.5 Å². The topological polar surface area (TPSA) is 4.93 Å². The van der Waals surface area contributed by atoms with E-state index in [9.17, 15) is 0 Å². The first-order chi connectivity index (χ1) is 4.67. The Morgan fingerprint density at radius 1 is 1.30 bits per heavy atom.